The molecule has 4 heteroatoms. The van der Waals surface area contributed by atoms with Crippen molar-refractivity contribution in [2.45, 2.75) is 18.3 Å². The van der Waals surface area contributed by atoms with Crippen LogP contribution >= 0.6 is 11.8 Å². The Morgan fingerprint density at radius 1 is 1.78 bits per heavy atom. The van der Waals surface area contributed by atoms with Crippen LogP contribution in [0.3, 0.4) is 0 Å². The Labute approximate surface area is 70.6 Å². The molecule has 2 nitrogen and oxygen atoms in total. The fourth-order valence-corrected chi connectivity index (χ4v) is 2.29. The molecule has 9 heavy (non-hydrogen) atoms. The number of carbonyl (C=O) groups excluding carboxylic acids is 1. The molecule has 0 spiro atoms. The molecule has 1 saturated heterocycles. The van der Waals surface area contributed by atoms with Crippen molar-refractivity contribution in [2.24, 2.45) is 0 Å². The van der Waals surface area contributed by atoms with Crippen molar-refractivity contribution in [2.75, 3.05) is 5.75 Å². The Bertz CT molecular complexity index is 112. The van der Waals surface area contributed by atoms with E-state index in [9.17, 15) is 4.79 Å². The van der Waals surface area contributed by atoms with Gasteiger partial charge in [0.1, 0.15) is 0 Å². The summed E-state index contributed by atoms with van der Waals surface area (Å²) < 4.78 is 4.70. The molecule has 1 unspecified atom stereocenters. The first-order chi connectivity index (χ1) is 4.29. The van der Waals surface area contributed by atoms with E-state index in [-0.39, 0.29) is 9.62 Å². The van der Waals surface area contributed by atoms with Gasteiger partial charge in [-0.1, -0.05) is 0 Å². The van der Waals surface area contributed by atoms with E-state index in [1.54, 1.807) is 11.8 Å². The average Bonchev–Trinajstić information content (AvgIpc) is 2.15. The maximum absolute atomic E-state index is 10.3. The average molecular weight is 328 g/mol. The van der Waals surface area contributed by atoms with E-state index < -0.39 is 0 Å². The van der Waals surface area contributed by atoms with Crippen LogP contribution in [-0.2, 0) is 25.8 Å². The molecule has 0 aromatic carbocycles. The molecule has 1 rings (SSSR count). The Morgan fingerprint density at radius 2 is 2.56 bits per heavy atom. The normalized spacial score (nSPS) is 26.2. The van der Waals surface area contributed by atoms with Crippen LogP contribution in [0.5, 0.6) is 0 Å². The summed E-state index contributed by atoms with van der Waals surface area (Å²) in [6.45, 7) is 0. The third-order valence-corrected chi connectivity index (χ3v) is 2.59. The van der Waals surface area contributed by atoms with Crippen LogP contribution in [0.1, 0.15) is 12.8 Å². The quantitative estimate of drug-likeness (QED) is 0.683. The summed E-state index contributed by atoms with van der Waals surface area (Å²) >= 11 is 3.55. The van der Waals surface area contributed by atoms with E-state index in [2.05, 4.69) is 0 Å². The molecule has 0 radical (unpaired) electrons. The van der Waals surface area contributed by atoms with E-state index in [0.29, 0.717) is 0 Å². The van der Waals surface area contributed by atoms with Crippen LogP contribution in [-0.4, -0.2) is 15.4 Å². The summed E-state index contributed by atoms with van der Waals surface area (Å²) in [6.07, 6.45) is 2.20. The molecule has 0 bridgehead atoms. The standard InChI is InChI=1S/C5H7O2S.Au/c6-4-7-5-2-1-3-8-5;/h5H,1-3H2;. The van der Waals surface area contributed by atoms with Gasteiger partial charge >= 0.3 is 70.6 Å². The van der Waals surface area contributed by atoms with Gasteiger partial charge in [-0.2, -0.15) is 0 Å². The number of thioether (sulfide) groups is 1. The van der Waals surface area contributed by atoms with Gasteiger partial charge in [0.25, 0.3) is 0 Å². The molecule has 1 aliphatic rings. The SMILES string of the molecule is O=[C]([Au])OC1CCCS1. The van der Waals surface area contributed by atoms with Crippen molar-refractivity contribution < 1.29 is 30.6 Å². The summed E-state index contributed by atoms with van der Waals surface area (Å²) in [5.74, 6) is 1.13. The van der Waals surface area contributed by atoms with Gasteiger partial charge in [-0.3, -0.25) is 0 Å². The third-order valence-electron chi connectivity index (χ3n) is 1.10. The van der Waals surface area contributed by atoms with Crippen LogP contribution in [0.4, 0.5) is 4.79 Å². The second-order valence-electron chi connectivity index (χ2n) is 1.77. The van der Waals surface area contributed by atoms with Gasteiger partial charge in [0.2, 0.25) is 0 Å². The summed E-state index contributed by atoms with van der Waals surface area (Å²) in [5, 5.41) is 0. The van der Waals surface area contributed by atoms with Gasteiger partial charge in [-0.15, -0.1) is 0 Å². The van der Waals surface area contributed by atoms with E-state index in [1.807, 2.05) is 21.1 Å². The molecule has 1 atom stereocenters. The van der Waals surface area contributed by atoms with Crippen molar-refractivity contribution in [3.63, 3.8) is 0 Å². The zero-order valence-electron chi connectivity index (χ0n) is 4.72. The predicted octanol–water partition coefficient (Wildman–Crippen LogP) is 1.52. The molecule has 0 N–H and O–H groups in total. The second kappa shape index (κ2) is 3.66. The van der Waals surface area contributed by atoms with E-state index >= 15 is 0 Å². The number of hydrogen-bond acceptors (Lipinski definition) is 3. The van der Waals surface area contributed by atoms with Crippen molar-refractivity contribution >= 4 is 15.9 Å². The molecule has 1 fully saturated rings. The number of rotatable bonds is 1. The Kier molecular flexibility index (Phi) is 3.12. The monoisotopic (exact) mass is 328 g/mol. The molecule has 0 aliphatic carbocycles. The van der Waals surface area contributed by atoms with Crippen LogP contribution < -0.4 is 0 Å². The molecule has 0 aromatic rings. The molecule has 56 valence electrons. The molecule has 0 saturated carbocycles. The van der Waals surface area contributed by atoms with Crippen molar-refractivity contribution in [1.82, 2.24) is 0 Å². The van der Waals surface area contributed by atoms with Crippen molar-refractivity contribution in [3.05, 3.63) is 0 Å². The molecule has 1 heterocycles. The summed E-state index contributed by atoms with van der Waals surface area (Å²) in [7, 11) is 0. The minimum absolute atomic E-state index is 0.141. The summed E-state index contributed by atoms with van der Waals surface area (Å²) in [6, 6.07) is 0. The van der Waals surface area contributed by atoms with Gasteiger partial charge in [-0.05, 0) is 0 Å². The fourth-order valence-electron chi connectivity index (χ4n) is 0.734. The van der Waals surface area contributed by atoms with E-state index in [1.165, 1.54) is 6.42 Å². The van der Waals surface area contributed by atoms with E-state index in [0.717, 1.165) is 12.2 Å². The molecular formula is C5H7AuO2S. The van der Waals surface area contributed by atoms with Gasteiger partial charge < -0.3 is 0 Å². The van der Waals surface area contributed by atoms with Crippen LogP contribution in [0, 0.1) is 0 Å². The molecule has 0 aromatic heterocycles. The molecule has 0 amide bonds. The van der Waals surface area contributed by atoms with Gasteiger partial charge in [0.15, 0.2) is 0 Å². The van der Waals surface area contributed by atoms with Crippen LogP contribution in [0.25, 0.3) is 0 Å². The predicted molar refractivity (Wildman–Crippen MR) is 32.0 cm³/mol. The Morgan fingerprint density at radius 3 is 3.00 bits per heavy atom. The summed E-state index contributed by atoms with van der Waals surface area (Å²) in [4.78, 5) is 10.3. The fraction of sp³-hybridized carbons (Fsp3) is 0.800. The zero-order chi connectivity index (χ0) is 6.69. The topological polar surface area (TPSA) is 26.3 Å². The maximum atomic E-state index is 10.3. The first-order valence-electron chi connectivity index (χ1n) is 2.73. The number of hydrogen-bond donors (Lipinski definition) is 0. The first-order valence-corrected chi connectivity index (χ1v) is 4.86. The number of ether oxygens (including phenoxy) is 1. The summed E-state index contributed by atoms with van der Waals surface area (Å²) in [5.41, 5.74) is 0.141. The van der Waals surface area contributed by atoms with Gasteiger partial charge in [0, 0.05) is 0 Å². The molecule has 1 aliphatic heterocycles. The number of carbonyl (C=O) groups is 1. The van der Waals surface area contributed by atoms with Crippen molar-refractivity contribution in [1.29, 1.82) is 0 Å². The van der Waals surface area contributed by atoms with E-state index in [4.69, 9.17) is 4.74 Å². The van der Waals surface area contributed by atoms with Crippen molar-refractivity contribution in [3.8, 4) is 0 Å². The van der Waals surface area contributed by atoms with Crippen LogP contribution in [0.15, 0.2) is 0 Å². The Balaban J connectivity index is 2.19. The van der Waals surface area contributed by atoms with Gasteiger partial charge in [0.05, 0.1) is 0 Å². The first kappa shape index (κ1) is 7.66. The van der Waals surface area contributed by atoms with Gasteiger partial charge in [-0.25, -0.2) is 0 Å². The minimum atomic E-state index is -0.214. The third kappa shape index (κ3) is 2.76. The zero-order valence-corrected chi connectivity index (χ0v) is 7.71. The molecular weight excluding hydrogens is 321 g/mol. The van der Waals surface area contributed by atoms with Crippen LogP contribution in [0.2, 0.25) is 0 Å². The Hall–Kier alpha value is 0.560. The second-order valence-corrected chi connectivity index (χ2v) is 3.92.